The maximum absolute atomic E-state index is 9.59. The Bertz CT molecular complexity index is 628. The summed E-state index contributed by atoms with van der Waals surface area (Å²) in [5.74, 6) is -0.300. The van der Waals surface area contributed by atoms with Crippen LogP contribution in [0.4, 0.5) is 0 Å². The highest BCUT2D eigenvalue weighted by Crippen LogP contribution is 2.42. The van der Waals surface area contributed by atoms with Crippen LogP contribution in [0.5, 0.6) is 11.5 Å². The molecule has 21 heavy (non-hydrogen) atoms. The first-order chi connectivity index (χ1) is 9.85. The summed E-state index contributed by atoms with van der Waals surface area (Å²) in [4.78, 5) is 0. The third-order valence-corrected chi connectivity index (χ3v) is 4.55. The molecule has 2 rings (SSSR count). The van der Waals surface area contributed by atoms with Gasteiger partial charge in [0.15, 0.2) is 0 Å². The number of phenols is 2. The van der Waals surface area contributed by atoms with Gasteiger partial charge in [0.25, 0.3) is 0 Å². The Balaban J connectivity index is 2.60. The van der Waals surface area contributed by atoms with E-state index >= 15 is 0 Å². The molecule has 0 saturated carbocycles. The van der Waals surface area contributed by atoms with Gasteiger partial charge in [-0.25, -0.2) is 0 Å². The van der Waals surface area contributed by atoms with Crippen molar-refractivity contribution in [2.45, 2.75) is 19.3 Å². The predicted octanol–water partition coefficient (Wildman–Crippen LogP) is 6.25. The number of aromatic hydroxyl groups is 2. The molecule has 0 spiro atoms. The Labute approximate surface area is 142 Å². The second-order valence-corrected chi connectivity index (χ2v) is 6.24. The van der Waals surface area contributed by atoms with Crippen LogP contribution in [-0.2, 0) is 0 Å². The number of rotatable bonds is 3. The molecule has 0 radical (unpaired) electrons. The molecule has 0 aromatic heterocycles. The molecular weight excluding hydrogens is 354 g/mol. The maximum atomic E-state index is 9.59. The molecule has 0 saturated heterocycles. The van der Waals surface area contributed by atoms with Gasteiger partial charge in [-0.3, -0.25) is 0 Å². The van der Waals surface area contributed by atoms with Crippen molar-refractivity contribution in [2.24, 2.45) is 0 Å². The molecule has 0 amide bonds. The summed E-state index contributed by atoms with van der Waals surface area (Å²) in [5, 5.41) is 20.4. The molecule has 2 N–H and O–H groups in total. The first-order valence-corrected chi connectivity index (χ1v) is 7.72. The van der Waals surface area contributed by atoms with Gasteiger partial charge in [0.05, 0.1) is 10.0 Å². The molecule has 6 heteroatoms. The molecule has 2 nitrogen and oxygen atoms in total. The Morgan fingerprint density at radius 3 is 1.48 bits per heavy atom. The van der Waals surface area contributed by atoms with E-state index in [4.69, 9.17) is 46.4 Å². The molecule has 0 fully saturated rings. The molecule has 0 atom stereocenters. The summed E-state index contributed by atoms with van der Waals surface area (Å²) < 4.78 is 0. The summed E-state index contributed by atoms with van der Waals surface area (Å²) in [6.07, 6.45) is 0.696. The smallest absolute Gasteiger partial charge is 0.135 e. The number of hydrogen-bond donors (Lipinski definition) is 2. The van der Waals surface area contributed by atoms with E-state index in [1.807, 2.05) is 6.92 Å². The van der Waals surface area contributed by atoms with Gasteiger partial charge in [-0.2, -0.15) is 0 Å². The number of hydrogen-bond acceptors (Lipinski definition) is 2. The van der Waals surface area contributed by atoms with Gasteiger partial charge in [0.2, 0.25) is 0 Å². The minimum absolute atomic E-state index is 0.0740. The van der Waals surface area contributed by atoms with Crippen molar-refractivity contribution in [3.63, 3.8) is 0 Å². The lowest BCUT2D eigenvalue weighted by Crippen LogP contribution is -2.02. The zero-order valence-electron chi connectivity index (χ0n) is 11.0. The number of halogens is 4. The lowest BCUT2D eigenvalue weighted by Gasteiger charge is -2.20. The Kier molecular flexibility index (Phi) is 5.15. The zero-order valence-corrected chi connectivity index (χ0v) is 14.0. The molecule has 2 aromatic rings. The molecular formula is C15H12Cl4O2. The molecule has 0 bridgehead atoms. The van der Waals surface area contributed by atoms with Crippen LogP contribution in [0, 0.1) is 0 Å². The standard InChI is InChI=1S/C15H12Cl4O2/c1-2-7(8-3-12(18)14(20)5-10(8)16)9-4-13(19)15(21)6-11(9)17/h3-7,20-21H,2H2,1H3. The van der Waals surface area contributed by atoms with Crippen LogP contribution in [0.2, 0.25) is 20.1 Å². The van der Waals surface area contributed by atoms with Gasteiger partial charge in [-0.15, -0.1) is 0 Å². The second kappa shape index (κ2) is 6.53. The fourth-order valence-corrected chi connectivity index (χ4v) is 3.17. The molecule has 0 aliphatic heterocycles. The first kappa shape index (κ1) is 16.6. The Hall–Kier alpha value is -0.800. The highest BCUT2D eigenvalue weighted by Gasteiger charge is 2.21. The first-order valence-electron chi connectivity index (χ1n) is 6.21. The van der Waals surface area contributed by atoms with Crippen LogP contribution in [0.25, 0.3) is 0 Å². The predicted molar refractivity (Wildman–Crippen MR) is 88.4 cm³/mol. The third-order valence-electron chi connectivity index (χ3n) is 3.29. The van der Waals surface area contributed by atoms with Crippen LogP contribution in [0.3, 0.4) is 0 Å². The highest BCUT2D eigenvalue weighted by atomic mass is 35.5. The van der Waals surface area contributed by atoms with E-state index in [-0.39, 0.29) is 27.5 Å². The van der Waals surface area contributed by atoms with Gasteiger partial charge in [0, 0.05) is 28.1 Å². The molecule has 0 unspecified atom stereocenters. The lowest BCUT2D eigenvalue weighted by atomic mass is 9.89. The van der Waals surface area contributed by atoms with Gasteiger partial charge in [0.1, 0.15) is 11.5 Å². The SMILES string of the molecule is CCC(c1cc(Cl)c(O)cc1Cl)c1cc(Cl)c(O)cc1Cl. The molecule has 0 heterocycles. The summed E-state index contributed by atoms with van der Waals surface area (Å²) in [6, 6.07) is 6.03. The van der Waals surface area contributed by atoms with Crippen LogP contribution in [0.1, 0.15) is 30.4 Å². The van der Waals surface area contributed by atoms with E-state index in [9.17, 15) is 10.2 Å². The van der Waals surface area contributed by atoms with Gasteiger partial charge in [-0.05, 0) is 29.7 Å². The number of benzene rings is 2. The summed E-state index contributed by atoms with van der Waals surface area (Å²) in [5.41, 5.74) is 1.48. The van der Waals surface area contributed by atoms with Crippen LogP contribution in [-0.4, -0.2) is 10.2 Å². The molecule has 0 aliphatic rings. The van der Waals surface area contributed by atoms with Gasteiger partial charge < -0.3 is 10.2 Å². The lowest BCUT2D eigenvalue weighted by molar-refractivity contribution is 0.475. The van der Waals surface area contributed by atoms with E-state index in [1.165, 1.54) is 12.1 Å². The summed E-state index contributed by atoms with van der Waals surface area (Å²) in [6.45, 7) is 1.97. The van der Waals surface area contributed by atoms with E-state index < -0.39 is 0 Å². The summed E-state index contributed by atoms with van der Waals surface area (Å²) >= 11 is 24.3. The average molecular weight is 366 g/mol. The number of phenolic OH excluding ortho intramolecular Hbond substituents is 2. The molecule has 0 aliphatic carbocycles. The molecule has 2 aromatic carbocycles. The van der Waals surface area contributed by atoms with Gasteiger partial charge >= 0.3 is 0 Å². The third kappa shape index (κ3) is 3.35. The maximum Gasteiger partial charge on any atom is 0.135 e. The fraction of sp³-hybridized carbons (Fsp3) is 0.200. The highest BCUT2D eigenvalue weighted by molar-refractivity contribution is 6.35. The van der Waals surface area contributed by atoms with E-state index in [2.05, 4.69) is 0 Å². The monoisotopic (exact) mass is 364 g/mol. The van der Waals surface area contributed by atoms with Crippen LogP contribution < -0.4 is 0 Å². The van der Waals surface area contributed by atoms with Crippen molar-refractivity contribution < 1.29 is 10.2 Å². The Morgan fingerprint density at radius 2 is 1.14 bits per heavy atom. The topological polar surface area (TPSA) is 40.5 Å². The van der Waals surface area contributed by atoms with Crippen molar-refractivity contribution in [2.75, 3.05) is 0 Å². The van der Waals surface area contributed by atoms with Crippen molar-refractivity contribution >= 4 is 46.4 Å². The van der Waals surface area contributed by atoms with Crippen LogP contribution >= 0.6 is 46.4 Å². The van der Waals surface area contributed by atoms with Crippen molar-refractivity contribution in [1.29, 1.82) is 0 Å². The van der Waals surface area contributed by atoms with Crippen LogP contribution in [0.15, 0.2) is 24.3 Å². The fourth-order valence-electron chi connectivity index (χ4n) is 2.24. The minimum atomic E-state index is -0.152. The second-order valence-electron chi connectivity index (χ2n) is 4.61. The van der Waals surface area contributed by atoms with Crippen molar-refractivity contribution in [3.05, 3.63) is 55.5 Å². The van der Waals surface area contributed by atoms with E-state index in [0.29, 0.717) is 16.5 Å². The van der Waals surface area contributed by atoms with Crippen molar-refractivity contribution in [3.8, 4) is 11.5 Å². The zero-order chi connectivity index (χ0) is 15.7. The van der Waals surface area contributed by atoms with E-state index in [1.54, 1.807) is 12.1 Å². The average Bonchev–Trinajstić information content (AvgIpc) is 2.42. The summed E-state index contributed by atoms with van der Waals surface area (Å²) in [7, 11) is 0. The largest absolute Gasteiger partial charge is 0.506 e. The molecule has 112 valence electrons. The minimum Gasteiger partial charge on any atom is -0.506 e. The Morgan fingerprint density at radius 1 is 0.762 bits per heavy atom. The quantitative estimate of drug-likeness (QED) is 0.674. The van der Waals surface area contributed by atoms with Crippen molar-refractivity contribution in [1.82, 2.24) is 0 Å². The normalized spacial score (nSPS) is 11.1. The van der Waals surface area contributed by atoms with E-state index in [0.717, 1.165) is 11.1 Å². The van der Waals surface area contributed by atoms with Gasteiger partial charge in [-0.1, -0.05) is 53.3 Å².